The van der Waals surface area contributed by atoms with Crippen molar-refractivity contribution in [2.24, 2.45) is 5.92 Å². The molecule has 156 valence electrons. The van der Waals surface area contributed by atoms with Gasteiger partial charge in [0.25, 0.3) is 5.91 Å². The number of piperidine rings is 1. The van der Waals surface area contributed by atoms with Crippen LogP contribution >= 0.6 is 0 Å². The lowest BCUT2D eigenvalue weighted by atomic mass is 9.99. The van der Waals surface area contributed by atoms with Crippen LogP contribution in [0.1, 0.15) is 37.7 Å². The average Bonchev–Trinajstić information content (AvgIpc) is 3.37. The molecule has 1 unspecified atom stereocenters. The van der Waals surface area contributed by atoms with Crippen LogP contribution in [-0.4, -0.2) is 51.5 Å². The van der Waals surface area contributed by atoms with Gasteiger partial charge in [0.05, 0.1) is 18.5 Å². The summed E-state index contributed by atoms with van der Waals surface area (Å²) in [5, 5.41) is 16.3. The highest BCUT2D eigenvalue weighted by molar-refractivity contribution is 6.15. The zero-order chi connectivity index (χ0) is 20.7. The van der Waals surface area contributed by atoms with Crippen LogP contribution in [0.4, 0.5) is 11.6 Å². The zero-order valence-corrected chi connectivity index (χ0v) is 16.4. The van der Waals surface area contributed by atoms with Gasteiger partial charge >= 0.3 is 0 Å². The number of hydrogen-bond donors (Lipinski definition) is 4. The van der Waals surface area contributed by atoms with E-state index in [0.29, 0.717) is 35.2 Å². The summed E-state index contributed by atoms with van der Waals surface area (Å²) in [6.07, 6.45) is 7.27. The van der Waals surface area contributed by atoms with Crippen molar-refractivity contribution in [3.63, 3.8) is 0 Å². The van der Waals surface area contributed by atoms with E-state index in [-0.39, 0.29) is 24.2 Å². The van der Waals surface area contributed by atoms with Crippen molar-refractivity contribution in [2.45, 2.75) is 38.1 Å². The molecule has 3 fully saturated rings. The molecule has 0 spiro atoms. The van der Waals surface area contributed by atoms with E-state index in [2.05, 4.69) is 31.3 Å². The first-order valence-corrected chi connectivity index (χ1v) is 10.3. The third kappa shape index (κ3) is 3.78. The van der Waals surface area contributed by atoms with Crippen LogP contribution in [-0.2, 0) is 14.4 Å². The molecule has 0 radical (unpaired) electrons. The maximum Gasteiger partial charge on any atom is 0.254 e. The summed E-state index contributed by atoms with van der Waals surface area (Å²) in [6, 6.07) is 2.17. The van der Waals surface area contributed by atoms with E-state index in [0.717, 1.165) is 38.0 Å². The molecule has 1 atom stereocenters. The van der Waals surface area contributed by atoms with Crippen LogP contribution in [0.3, 0.4) is 0 Å². The second-order valence-corrected chi connectivity index (χ2v) is 8.04. The van der Waals surface area contributed by atoms with Crippen LogP contribution in [0, 0.1) is 5.92 Å². The van der Waals surface area contributed by atoms with Crippen molar-refractivity contribution >= 4 is 41.1 Å². The Bertz CT molecular complexity index is 1060. The number of imide groups is 1. The van der Waals surface area contributed by atoms with E-state index in [4.69, 9.17) is 0 Å². The smallest absolute Gasteiger partial charge is 0.254 e. The lowest BCUT2D eigenvalue weighted by Gasteiger charge is -2.21. The number of fused-ring (bicyclic) bond motifs is 1. The van der Waals surface area contributed by atoms with Crippen molar-refractivity contribution in [1.29, 1.82) is 0 Å². The molecular formula is C20H23N7O3. The molecule has 0 aromatic carbocycles. The molecule has 3 aliphatic rings. The van der Waals surface area contributed by atoms with Crippen molar-refractivity contribution in [2.75, 3.05) is 23.7 Å². The standard InChI is InChI=1S/C20H23N7O3/c28-17-7-12(20(30)26-17)6-13-10-22-27-16(23-14-3-4-14)8-15(24-18(13)27)25-19(29)11-2-1-5-21-9-11/h6,8,10-11,14,21,23H,1-5,7,9H2,(H,24,25,29)(H,26,28,30)/b12-6+. The molecule has 4 N–H and O–H groups in total. The second kappa shape index (κ2) is 7.52. The van der Waals surface area contributed by atoms with Crippen LogP contribution in [0.15, 0.2) is 17.8 Å². The fourth-order valence-corrected chi connectivity index (χ4v) is 3.80. The Balaban J connectivity index is 1.49. The predicted octanol–water partition coefficient (Wildman–Crippen LogP) is 0.672. The minimum absolute atomic E-state index is 0.0362. The lowest BCUT2D eigenvalue weighted by Crippen LogP contribution is -2.37. The van der Waals surface area contributed by atoms with E-state index < -0.39 is 5.91 Å². The molecule has 4 heterocycles. The molecule has 1 saturated carbocycles. The molecule has 0 bridgehead atoms. The molecular weight excluding hydrogens is 386 g/mol. The van der Waals surface area contributed by atoms with Gasteiger partial charge in [0.1, 0.15) is 11.6 Å². The van der Waals surface area contributed by atoms with Crippen LogP contribution in [0.25, 0.3) is 11.7 Å². The van der Waals surface area contributed by atoms with E-state index in [1.54, 1.807) is 22.9 Å². The third-order valence-electron chi connectivity index (χ3n) is 5.57. The van der Waals surface area contributed by atoms with Crippen LogP contribution in [0.2, 0.25) is 0 Å². The normalized spacial score (nSPS) is 23.1. The highest BCUT2D eigenvalue weighted by Gasteiger charge is 2.26. The van der Waals surface area contributed by atoms with Crippen molar-refractivity contribution in [3.05, 3.63) is 23.4 Å². The summed E-state index contributed by atoms with van der Waals surface area (Å²) in [5.74, 6) is 0.308. The van der Waals surface area contributed by atoms with Gasteiger partial charge in [0, 0.05) is 29.8 Å². The molecule has 2 saturated heterocycles. The number of hydrogen-bond acceptors (Lipinski definition) is 7. The van der Waals surface area contributed by atoms with Crippen LogP contribution < -0.4 is 21.3 Å². The first-order chi connectivity index (χ1) is 14.6. The summed E-state index contributed by atoms with van der Waals surface area (Å²) < 4.78 is 1.66. The van der Waals surface area contributed by atoms with Gasteiger partial charge in [0.15, 0.2) is 5.65 Å². The number of carbonyl (C=O) groups is 3. The van der Waals surface area contributed by atoms with E-state index in [9.17, 15) is 14.4 Å². The molecule has 5 rings (SSSR count). The number of carbonyl (C=O) groups excluding carboxylic acids is 3. The first-order valence-electron chi connectivity index (χ1n) is 10.3. The van der Waals surface area contributed by atoms with Gasteiger partial charge in [-0.2, -0.15) is 9.61 Å². The Labute approximate surface area is 172 Å². The second-order valence-electron chi connectivity index (χ2n) is 8.04. The van der Waals surface area contributed by atoms with E-state index in [1.807, 2.05) is 0 Å². The summed E-state index contributed by atoms with van der Waals surface area (Å²) in [6.45, 7) is 1.60. The van der Waals surface area contributed by atoms with Crippen molar-refractivity contribution in [1.82, 2.24) is 25.2 Å². The number of anilines is 2. The minimum atomic E-state index is -0.398. The first kappa shape index (κ1) is 18.7. The molecule has 30 heavy (non-hydrogen) atoms. The molecule has 1 aliphatic carbocycles. The summed E-state index contributed by atoms with van der Waals surface area (Å²) in [4.78, 5) is 40.7. The summed E-state index contributed by atoms with van der Waals surface area (Å²) in [7, 11) is 0. The van der Waals surface area contributed by atoms with Gasteiger partial charge in [-0.25, -0.2) is 4.98 Å². The number of amides is 3. The molecule has 10 nitrogen and oxygen atoms in total. The molecule has 2 aromatic heterocycles. The molecule has 3 amide bonds. The largest absolute Gasteiger partial charge is 0.367 e. The Morgan fingerprint density at radius 2 is 2.13 bits per heavy atom. The van der Waals surface area contributed by atoms with Gasteiger partial charge in [-0.15, -0.1) is 0 Å². The number of nitrogens with one attached hydrogen (secondary N) is 4. The fraction of sp³-hybridized carbons (Fsp3) is 0.450. The highest BCUT2D eigenvalue weighted by Crippen LogP contribution is 2.28. The number of aromatic nitrogens is 3. The van der Waals surface area contributed by atoms with Gasteiger partial charge in [0.2, 0.25) is 11.8 Å². The van der Waals surface area contributed by atoms with Crippen molar-refractivity contribution in [3.8, 4) is 0 Å². The predicted molar refractivity (Wildman–Crippen MR) is 110 cm³/mol. The monoisotopic (exact) mass is 409 g/mol. The zero-order valence-electron chi connectivity index (χ0n) is 16.4. The third-order valence-corrected chi connectivity index (χ3v) is 5.57. The van der Waals surface area contributed by atoms with Gasteiger partial charge < -0.3 is 16.0 Å². The van der Waals surface area contributed by atoms with E-state index >= 15 is 0 Å². The minimum Gasteiger partial charge on any atom is -0.367 e. The Morgan fingerprint density at radius 3 is 2.83 bits per heavy atom. The average molecular weight is 409 g/mol. The van der Waals surface area contributed by atoms with Gasteiger partial charge in [-0.3, -0.25) is 19.7 Å². The summed E-state index contributed by atoms with van der Waals surface area (Å²) >= 11 is 0. The Morgan fingerprint density at radius 1 is 1.27 bits per heavy atom. The maximum absolute atomic E-state index is 12.7. The lowest BCUT2D eigenvalue weighted by molar-refractivity contribution is -0.124. The molecule has 10 heteroatoms. The molecule has 2 aromatic rings. The fourth-order valence-electron chi connectivity index (χ4n) is 3.80. The Hall–Kier alpha value is -3.27. The molecule has 2 aliphatic heterocycles. The maximum atomic E-state index is 12.7. The van der Waals surface area contributed by atoms with E-state index in [1.165, 1.54) is 0 Å². The van der Waals surface area contributed by atoms with Gasteiger partial charge in [-0.05, 0) is 38.3 Å². The summed E-state index contributed by atoms with van der Waals surface area (Å²) in [5.41, 5.74) is 1.50. The topological polar surface area (TPSA) is 130 Å². The van der Waals surface area contributed by atoms with Gasteiger partial charge in [-0.1, -0.05) is 0 Å². The van der Waals surface area contributed by atoms with Crippen LogP contribution in [0.5, 0.6) is 0 Å². The number of rotatable bonds is 5. The quantitative estimate of drug-likeness (QED) is 0.422. The highest BCUT2D eigenvalue weighted by atomic mass is 16.2. The SMILES string of the molecule is O=C1C/C(=C\c2cnn3c(NC4CC4)cc(NC(=O)C4CCCNC4)nc23)C(=O)N1. The van der Waals surface area contributed by atoms with Crippen molar-refractivity contribution < 1.29 is 14.4 Å². The Kier molecular flexibility index (Phi) is 4.70. The number of nitrogens with zero attached hydrogens (tertiary/aromatic N) is 3.